The van der Waals surface area contributed by atoms with Crippen molar-refractivity contribution in [3.63, 3.8) is 0 Å². The van der Waals surface area contributed by atoms with Gasteiger partial charge >= 0.3 is 0 Å². The molecule has 1 aromatic rings. The van der Waals surface area contributed by atoms with E-state index in [1.807, 2.05) is 0 Å². The molecule has 1 N–H and O–H groups in total. The van der Waals surface area contributed by atoms with Crippen molar-refractivity contribution in [2.45, 2.75) is 33.1 Å². The highest BCUT2D eigenvalue weighted by atomic mass is 15.1. The fraction of sp³-hybridized carbons (Fsp3) is 0.786. The third kappa shape index (κ3) is 2.01. The van der Waals surface area contributed by atoms with Crippen LogP contribution < -0.4 is 0 Å². The van der Waals surface area contributed by atoms with Crippen LogP contribution in [0, 0.1) is 24.7 Å². The zero-order valence-corrected chi connectivity index (χ0v) is 11.2. The van der Waals surface area contributed by atoms with E-state index in [1.54, 1.807) is 0 Å². The molecule has 0 radical (unpaired) electrons. The fourth-order valence-electron chi connectivity index (χ4n) is 3.75. The first kappa shape index (κ1) is 11.3. The highest BCUT2D eigenvalue weighted by Gasteiger charge is 2.35. The van der Waals surface area contributed by atoms with Gasteiger partial charge in [-0.15, -0.1) is 0 Å². The second-order valence-electron chi connectivity index (χ2n) is 6.11. The summed E-state index contributed by atoms with van der Waals surface area (Å²) in [4.78, 5) is 10.6. The summed E-state index contributed by atoms with van der Waals surface area (Å²) in [6.07, 6.45) is 3.73. The lowest BCUT2D eigenvalue weighted by Gasteiger charge is -2.38. The minimum absolute atomic E-state index is 0.781. The minimum atomic E-state index is 0.781. The molecule has 1 aromatic heterocycles. The number of likely N-dealkylation sites (tertiary alicyclic amines) is 1. The number of aryl methyl sites for hydroxylation is 1. The van der Waals surface area contributed by atoms with Crippen molar-refractivity contribution in [3.05, 3.63) is 17.2 Å². The maximum atomic E-state index is 4.69. The minimum Gasteiger partial charge on any atom is -0.346 e. The molecule has 3 atom stereocenters. The summed E-state index contributed by atoms with van der Waals surface area (Å²) in [5, 5.41) is 0. The van der Waals surface area contributed by atoms with Crippen LogP contribution in [0.3, 0.4) is 0 Å². The lowest BCUT2D eigenvalue weighted by atomic mass is 9.77. The van der Waals surface area contributed by atoms with Gasteiger partial charge in [0.05, 0.1) is 5.69 Å². The first-order valence-electron chi connectivity index (χ1n) is 6.86. The Bertz CT molecular complexity index is 410. The third-order valence-corrected chi connectivity index (χ3v) is 4.70. The number of nitrogens with one attached hydrogen (secondary N) is 1. The van der Waals surface area contributed by atoms with Gasteiger partial charge in [0.15, 0.2) is 0 Å². The quantitative estimate of drug-likeness (QED) is 0.743. The number of piperidine rings is 1. The SMILES string of the molecule is Cc1nc2c([nH]1)C[C@@H](C)C1CN(C)CCC1C2. The molecule has 2 heterocycles. The van der Waals surface area contributed by atoms with Crippen molar-refractivity contribution in [3.8, 4) is 0 Å². The van der Waals surface area contributed by atoms with Gasteiger partial charge in [-0.2, -0.15) is 0 Å². The van der Waals surface area contributed by atoms with E-state index in [-0.39, 0.29) is 0 Å². The van der Waals surface area contributed by atoms with Gasteiger partial charge in [-0.3, -0.25) is 0 Å². The number of hydrogen-bond donors (Lipinski definition) is 1. The standard InChI is InChI=1S/C14H23N3/c1-9-6-13-14(16-10(2)15-13)7-11-4-5-17(3)8-12(9)11/h9,11-12H,4-8H2,1-3H3,(H,15,16)/t9-,11?,12?/m1/s1. The Morgan fingerprint density at radius 3 is 3.00 bits per heavy atom. The number of rotatable bonds is 0. The molecule has 17 heavy (non-hydrogen) atoms. The van der Waals surface area contributed by atoms with Crippen molar-refractivity contribution in [2.75, 3.05) is 20.1 Å². The van der Waals surface area contributed by atoms with E-state index in [0.29, 0.717) is 0 Å². The van der Waals surface area contributed by atoms with E-state index >= 15 is 0 Å². The highest BCUT2D eigenvalue weighted by Crippen LogP contribution is 2.36. The molecule has 3 heteroatoms. The average molecular weight is 233 g/mol. The molecule has 3 nitrogen and oxygen atoms in total. The fourth-order valence-corrected chi connectivity index (χ4v) is 3.75. The Balaban J connectivity index is 1.89. The molecule has 2 unspecified atom stereocenters. The topological polar surface area (TPSA) is 31.9 Å². The molecule has 0 bridgehead atoms. The van der Waals surface area contributed by atoms with Gasteiger partial charge in [-0.25, -0.2) is 4.98 Å². The van der Waals surface area contributed by atoms with Crippen LogP contribution in [0.5, 0.6) is 0 Å². The lowest BCUT2D eigenvalue weighted by Crippen LogP contribution is -2.41. The van der Waals surface area contributed by atoms with E-state index in [1.165, 1.54) is 43.7 Å². The summed E-state index contributed by atoms with van der Waals surface area (Å²) < 4.78 is 0. The molecular formula is C14H23N3. The molecule has 1 aliphatic carbocycles. The first-order chi connectivity index (χ1) is 8.13. The number of imidazole rings is 1. The van der Waals surface area contributed by atoms with Crippen LogP contribution in [0.2, 0.25) is 0 Å². The smallest absolute Gasteiger partial charge is 0.103 e. The molecule has 1 saturated heterocycles. The van der Waals surface area contributed by atoms with Crippen molar-refractivity contribution in [1.82, 2.24) is 14.9 Å². The van der Waals surface area contributed by atoms with Gasteiger partial charge in [0, 0.05) is 12.2 Å². The molecule has 1 aliphatic heterocycles. The van der Waals surface area contributed by atoms with Crippen LogP contribution in [-0.4, -0.2) is 35.0 Å². The monoisotopic (exact) mass is 233 g/mol. The molecule has 0 spiro atoms. The van der Waals surface area contributed by atoms with Crippen molar-refractivity contribution in [1.29, 1.82) is 0 Å². The predicted octanol–water partition coefficient (Wildman–Crippen LogP) is 2.02. The summed E-state index contributed by atoms with van der Waals surface area (Å²) in [5.41, 5.74) is 2.76. The zero-order valence-electron chi connectivity index (χ0n) is 11.2. The predicted molar refractivity (Wildman–Crippen MR) is 69.0 cm³/mol. The van der Waals surface area contributed by atoms with Crippen molar-refractivity contribution in [2.24, 2.45) is 17.8 Å². The van der Waals surface area contributed by atoms with Crippen LogP contribution >= 0.6 is 0 Å². The van der Waals surface area contributed by atoms with Gasteiger partial charge in [-0.1, -0.05) is 6.92 Å². The molecule has 0 amide bonds. The summed E-state index contributed by atoms with van der Waals surface area (Å²) >= 11 is 0. The van der Waals surface area contributed by atoms with Crippen LogP contribution in [0.4, 0.5) is 0 Å². The van der Waals surface area contributed by atoms with Crippen LogP contribution in [0.25, 0.3) is 0 Å². The Kier molecular flexibility index (Phi) is 2.74. The van der Waals surface area contributed by atoms with Gasteiger partial charge in [0.2, 0.25) is 0 Å². The van der Waals surface area contributed by atoms with Crippen LogP contribution in [0.15, 0.2) is 0 Å². The van der Waals surface area contributed by atoms with E-state index in [4.69, 9.17) is 0 Å². The molecule has 2 aliphatic rings. The number of aromatic amines is 1. The second kappa shape index (κ2) is 4.13. The average Bonchev–Trinajstić information content (AvgIpc) is 2.55. The molecule has 0 saturated carbocycles. The second-order valence-corrected chi connectivity index (χ2v) is 6.11. The summed E-state index contributed by atoms with van der Waals surface area (Å²) in [5.74, 6) is 3.58. The number of fused-ring (bicyclic) bond motifs is 2. The van der Waals surface area contributed by atoms with Gasteiger partial charge in [-0.05, 0) is 57.5 Å². The molecular weight excluding hydrogens is 210 g/mol. The molecule has 0 aromatic carbocycles. The molecule has 3 rings (SSSR count). The van der Waals surface area contributed by atoms with Crippen LogP contribution in [-0.2, 0) is 12.8 Å². The Hall–Kier alpha value is -0.830. The molecule has 94 valence electrons. The van der Waals surface area contributed by atoms with Crippen molar-refractivity contribution >= 4 is 0 Å². The van der Waals surface area contributed by atoms with Gasteiger partial charge < -0.3 is 9.88 Å². The zero-order chi connectivity index (χ0) is 12.0. The third-order valence-electron chi connectivity index (χ3n) is 4.70. The number of hydrogen-bond acceptors (Lipinski definition) is 2. The maximum Gasteiger partial charge on any atom is 0.103 e. The van der Waals surface area contributed by atoms with Crippen LogP contribution in [0.1, 0.15) is 30.6 Å². The lowest BCUT2D eigenvalue weighted by molar-refractivity contribution is 0.105. The number of nitrogens with zero attached hydrogens (tertiary/aromatic N) is 2. The molecule has 1 fully saturated rings. The number of aromatic nitrogens is 2. The normalized spacial score (nSPS) is 33.9. The van der Waals surface area contributed by atoms with Crippen molar-refractivity contribution < 1.29 is 0 Å². The summed E-state index contributed by atoms with van der Waals surface area (Å²) in [6.45, 7) is 7.02. The Morgan fingerprint density at radius 1 is 1.35 bits per heavy atom. The van der Waals surface area contributed by atoms with E-state index in [0.717, 1.165) is 23.6 Å². The van der Waals surface area contributed by atoms with E-state index < -0.39 is 0 Å². The van der Waals surface area contributed by atoms with E-state index in [2.05, 4.69) is 35.8 Å². The van der Waals surface area contributed by atoms with Gasteiger partial charge in [0.1, 0.15) is 5.82 Å². The summed E-state index contributed by atoms with van der Waals surface area (Å²) in [6, 6.07) is 0. The highest BCUT2D eigenvalue weighted by molar-refractivity contribution is 5.18. The first-order valence-corrected chi connectivity index (χ1v) is 6.86. The number of H-pyrrole nitrogens is 1. The summed E-state index contributed by atoms with van der Waals surface area (Å²) in [7, 11) is 2.26. The Morgan fingerprint density at radius 2 is 2.18 bits per heavy atom. The maximum absolute atomic E-state index is 4.69. The largest absolute Gasteiger partial charge is 0.346 e. The van der Waals surface area contributed by atoms with E-state index in [9.17, 15) is 0 Å². The Labute approximate surface area is 104 Å². The van der Waals surface area contributed by atoms with Gasteiger partial charge in [0.25, 0.3) is 0 Å².